The first kappa shape index (κ1) is 25.0. The summed E-state index contributed by atoms with van der Waals surface area (Å²) >= 11 is 6.12. The number of aromatic nitrogens is 4. The minimum atomic E-state index is -0.855. The molecule has 190 valence electrons. The Bertz CT molecular complexity index is 1500. The van der Waals surface area contributed by atoms with Gasteiger partial charge in [-0.05, 0) is 48.4 Å². The van der Waals surface area contributed by atoms with Crippen molar-refractivity contribution in [3.05, 3.63) is 106 Å². The average Bonchev–Trinajstić information content (AvgIpc) is 3.00. The first-order chi connectivity index (χ1) is 18.4. The van der Waals surface area contributed by atoms with Crippen molar-refractivity contribution >= 4 is 41.0 Å². The average molecular weight is 528 g/mol. The number of fused-ring (bicyclic) bond motifs is 1. The molecule has 1 aliphatic heterocycles. The van der Waals surface area contributed by atoms with Crippen molar-refractivity contribution in [2.24, 2.45) is 0 Å². The van der Waals surface area contributed by atoms with Crippen LogP contribution in [0.4, 0.5) is 11.6 Å². The Morgan fingerprint density at radius 1 is 1.03 bits per heavy atom. The number of benzene rings is 2. The smallest absolute Gasteiger partial charge is 0.258 e. The van der Waals surface area contributed by atoms with Crippen LogP contribution in [0.2, 0.25) is 5.02 Å². The van der Waals surface area contributed by atoms with Crippen molar-refractivity contribution in [2.75, 3.05) is 10.6 Å². The second-order valence-electron chi connectivity index (χ2n) is 8.76. The molecule has 3 heterocycles. The number of carbonyl (C=O) groups excluding carboxylic acids is 3. The van der Waals surface area contributed by atoms with E-state index >= 15 is 0 Å². The Morgan fingerprint density at radius 2 is 1.79 bits per heavy atom. The Morgan fingerprint density at radius 3 is 2.50 bits per heavy atom. The van der Waals surface area contributed by atoms with Crippen LogP contribution in [0.3, 0.4) is 0 Å². The summed E-state index contributed by atoms with van der Waals surface area (Å²) < 4.78 is 0. The highest BCUT2D eigenvalue weighted by Gasteiger charge is 2.36. The van der Waals surface area contributed by atoms with E-state index in [0.29, 0.717) is 27.5 Å². The number of nitrogens with zero attached hydrogens (tertiary/aromatic N) is 5. The highest BCUT2D eigenvalue weighted by molar-refractivity contribution is 6.31. The minimum absolute atomic E-state index is 0.127. The molecule has 0 fully saturated rings. The number of halogens is 1. The van der Waals surface area contributed by atoms with E-state index in [4.69, 9.17) is 11.6 Å². The summed E-state index contributed by atoms with van der Waals surface area (Å²) in [5, 5.41) is 5.89. The molecule has 0 saturated heterocycles. The highest BCUT2D eigenvalue weighted by atomic mass is 35.5. The fourth-order valence-electron chi connectivity index (χ4n) is 4.07. The van der Waals surface area contributed by atoms with Gasteiger partial charge in [0.05, 0.1) is 16.9 Å². The van der Waals surface area contributed by atoms with Crippen molar-refractivity contribution in [3.63, 3.8) is 0 Å². The molecule has 2 N–H and O–H groups in total. The Labute approximate surface area is 223 Å². The van der Waals surface area contributed by atoms with Crippen molar-refractivity contribution in [2.45, 2.75) is 25.9 Å². The second kappa shape index (κ2) is 10.7. The first-order valence-electron chi connectivity index (χ1n) is 11.7. The van der Waals surface area contributed by atoms with E-state index in [-0.39, 0.29) is 36.6 Å². The molecule has 2 aromatic carbocycles. The van der Waals surface area contributed by atoms with Gasteiger partial charge in [0.2, 0.25) is 11.9 Å². The molecular weight excluding hydrogens is 506 g/mol. The topological polar surface area (TPSA) is 130 Å². The summed E-state index contributed by atoms with van der Waals surface area (Å²) in [5.74, 6) is -0.852. The summed E-state index contributed by atoms with van der Waals surface area (Å²) in [5.41, 5.74) is 3.26. The van der Waals surface area contributed by atoms with Crippen LogP contribution < -0.4 is 10.6 Å². The van der Waals surface area contributed by atoms with E-state index in [2.05, 4.69) is 30.6 Å². The normalized spacial score (nSPS) is 14.9. The van der Waals surface area contributed by atoms with Crippen LogP contribution in [0, 0.1) is 6.92 Å². The number of hydrogen-bond donors (Lipinski definition) is 2. The largest absolute Gasteiger partial charge is 0.323 e. The molecule has 3 amide bonds. The third-order valence-electron chi connectivity index (χ3n) is 6.00. The monoisotopic (exact) mass is 527 g/mol. The lowest BCUT2D eigenvalue weighted by molar-refractivity contribution is -0.120. The number of amides is 3. The van der Waals surface area contributed by atoms with Crippen LogP contribution in [-0.4, -0.2) is 48.6 Å². The van der Waals surface area contributed by atoms with E-state index in [1.165, 1.54) is 11.1 Å². The third kappa shape index (κ3) is 5.50. The molecule has 2 aromatic heterocycles. The molecule has 0 saturated carbocycles. The fraction of sp³-hybridized carbons (Fsp3) is 0.148. The molecule has 10 nitrogen and oxygen atoms in total. The predicted octanol–water partition coefficient (Wildman–Crippen LogP) is 3.69. The summed E-state index contributed by atoms with van der Waals surface area (Å²) in [7, 11) is 0. The zero-order valence-corrected chi connectivity index (χ0v) is 21.0. The van der Waals surface area contributed by atoms with Gasteiger partial charge in [0, 0.05) is 54.5 Å². The van der Waals surface area contributed by atoms with Crippen molar-refractivity contribution in [1.82, 2.24) is 24.8 Å². The molecule has 0 radical (unpaired) electrons. The third-order valence-corrected chi connectivity index (χ3v) is 6.24. The van der Waals surface area contributed by atoms with Gasteiger partial charge in [-0.2, -0.15) is 0 Å². The first-order valence-corrected chi connectivity index (χ1v) is 12.1. The Hall–Kier alpha value is -4.70. The van der Waals surface area contributed by atoms with Crippen LogP contribution in [-0.2, 0) is 17.8 Å². The van der Waals surface area contributed by atoms with Crippen molar-refractivity contribution in [3.8, 4) is 0 Å². The predicted molar refractivity (Wildman–Crippen MR) is 141 cm³/mol. The summed E-state index contributed by atoms with van der Waals surface area (Å²) in [6, 6.07) is 10.7. The van der Waals surface area contributed by atoms with E-state index in [1.807, 2.05) is 6.92 Å². The van der Waals surface area contributed by atoms with Crippen LogP contribution in [0.5, 0.6) is 0 Å². The molecule has 1 atom stereocenters. The van der Waals surface area contributed by atoms with Gasteiger partial charge >= 0.3 is 0 Å². The Balaban J connectivity index is 1.40. The number of hydrogen-bond acceptors (Lipinski definition) is 7. The van der Waals surface area contributed by atoms with Gasteiger partial charge in [-0.3, -0.25) is 29.7 Å². The van der Waals surface area contributed by atoms with Gasteiger partial charge in [0.15, 0.2) is 0 Å². The lowest BCUT2D eigenvalue weighted by Crippen LogP contribution is -2.46. The number of carbonyl (C=O) groups is 3. The maximum Gasteiger partial charge on any atom is 0.258 e. The Kier molecular flexibility index (Phi) is 7.05. The zero-order valence-electron chi connectivity index (χ0n) is 20.3. The lowest BCUT2D eigenvalue weighted by Gasteiger charge is -2.28. The van der Waals surface area contributed by atoms with Crippen LogP contribution >= 0.6 is 11.6 Å². The summed E-state index contributed by atoms with van der Waals surface area (Å²) in [4.78, 5) is 57.7. The van der Waals surface area contributed by atoms with E-state index in [1.54, 1.807) is 67.3 Å². The van der Waals surface area contributed by atoms with Gasteiger partial charge in [0.25, 0.3) is 11.8 Å². The molecule has 1 aliphatic rings. The highest BCUT2D eigenvalue weighted by Crippen LogP contribution is 2.28. The summed E-state index contributed by atoms with van der Waals surface area (Å²) in [6.07, 6.45) is 8.05. The molecule has 0 bridgehead atoms. The maximum atomic E-state index is 13.7. The number of nitrogens with one attached hydrogen (secondary N) is 2. The SMILES string of the molecule is Cc1cnc(NC(=O)c2ccc(CN3C(=O)c4ccc(Cl)cc4NC(=O)[C@H]3Cc3cnccn3)cc2)nc1. The number of rotatable bonds is 6. The minimum Gasteiger partial charge on any atom is -0.323 e. The van der Waals surface area contributed by atoms with E-state index < -0.39 is 6.04 Å². The molecule has 4 aromatic rings. The maximum absolute atomic E-state index is 13.7. The van der Waals surface area contributed by atoms with Crippen LogP contribution in [0.25, 0.3) is 0 Å². The van der Waals surface area contributed by atoms with Gasteiger partial charge in [-0.25, -0.2) is 9.97 Å². The standard InChI is InChI=1S/C27H22ClN7O3/c1-16-12-31-27(32-13-16)34-24(36)18-4-2-17(3-5-18)15-35-23(11-20-14-29-8-9-30-20)25(37)33-22-10-19(28)6-7-21(22)26(35)38/h2-10,12-14,23H,11,15H2,1H3,(H,33,37)(H,31,32,34,36)/t23-/m1/s1. The van der Waals surface area contributed by atoms with Gasteiger partial charge in [0.1, 0.15) is 6.04 Å². The quantitative estimate of drug-likeness (QED) is 0.391. The fourth-order valence-corrected chi connectivity index (χ4v) is 4.24. The zero-order chi connectivity index (χ0) is 26.6. The molecule has 0 unspecified atom stereocenters. The van der Waals surface area contributed by atoms with Crippen molar-refractivity contribution in [1.29, 1.82) is 0 Å². The molecular formula is C27H22ClN7O3. The van der Waals surface area contributed by atoms with Crippen LogP contribution in [0.1, 0.15) is 37.5 Å². The molecule has 0 aliphatic carbocycles. The van der Waals surface area contributed by atoms with Gasteiger partial charge in [-0.1, -0.05) is 23.7 Å². The number of aryl methyl sites for hydroxylation is 1. The lowest BCUT2D eigenvalue weighted by atomic mass is 10.1. The van der Waals surface area contributed by atoms with Gasteiger partial charge in [-0.15, -0.1) is 0 Å². The number of anilines is 2. The second-order valence-corrected chi connectivity index (χ2v) is 9.20. The molecule has 38 heavy (non-hydrogen) atoms. The molecule has 5 rings (SSSR count). The van der Waals surface area contributed by atoms with Crippen LogP contribution in [0.15, 0.2) is 73.4 Å². The van der Waals surface area contributed by atoms with E-state index in [0.717, 1.165) is 11.1 Å². The van der Waals surface area contributed by atoms with E-state index in [9.17, 15) is 14.4 Å². The van der Waals surface area contributed by atoms with Gasteiger partial charge < -0.3 is 10.2 Å². The van der Waals surface area contributed by atoms with Crippen molar-refractivity contribution < 1.29 is 14.4 Å². The molecule has 11 heteroatoms. The summed E-state index contributed by atoms with van der Waals surface area (Å²) in [6.45, 7) is 1.98. The molecule has 0 spiro atoms.